The molecule has 0 aliphatic rings. The fourth-order valence-electron chi connectivity index (χ4n) is 2.02. The third kappa shape index (κ3) is 3.70. The van der Waals surface area contributed by atoms with E-state index < -0.39 is 0 Å². The van der Waals surface area contributed by atoms with Crippen LogP contribution in [0.3, 0.4) is 0 Å². The Morgan fingerprint density at radius 1 is 0.900 bits per heavy atom. The molecule has 0 aliphatic heterocycles. The van der Waals surface area contributed by atoms with Crippen molar-refractivity contribution in [1.82, 2.24) is 0 Å². The summed E-state index contributed by atoms with van der Waals surface area (Å²) in [6.07, 6.45) is 1.67. The Bertz CT molecular complexity index is 636. The van der Waals surface area contributed by atoms with E-state index in [-0.39, 0.29) is 5.57 Å². The topological polar surface area (TPSA) is 47.6 Å². The van der Waals surface area contributed by atoms with Crippen molar-refractivity contribution in [2.45, 2.75) is 27.7 Å². The highest BCUT2D eigenvalue weighted by molar-refractivity contribution is 5.85. The van der Waals surface area contributed by atoms with Crippen LogP contribution in [0.25, 0.3) is 5.57 Å². The van der Waals surface area contributed by atoms with Crippen LogP contribution in [0, 0.1) is 22.7 Å². The van der Waals surface area contributed by atoms with Crippen LogP contribution in [-0.2, 0) is 0 Å². The van der Waals surface area contributed by atoms with Crippen molar-refractivity contribution in [3.05, 3.63) is 64.3 Å². The normalized spacial score (nSPS) is 8.90. The monoisotopic (exact) mass is 262 g/mol. The molecule has 0 heterocycles. The lowest BCUT2D eigenvalue weighted by atomic mass is 9.90. The van der Waals surface area contributed by atoms with Crippen molar-refractivity contribution >= 4 is 5.57 Å². The van der Waals surface area contributed by atoms with Crippen LogP contribution in [0.15, 0.2) is 58.7 Å². The van der Waals surface area contributed by atoms with E-state index in [0.717, 1.165) is 27.9 Å². The summed E-state index contributed by atoms with van der Waals surface area (Å²) >= 11 is 0. The number of benzene rings is 1. The van der Waals surface area contributed by atoms with Gasteiger partial charge in [0.15, 0.2) is 0 Å². The zero-order valence-corrected chi connectivity index (χ0v) is 12.4. The van der Waals surface area contributed by atoms with Gasteiger partial charge >= 0.3 is 0 Å². The predicted molar refractivity (Wildman–Crippen MR) is 82.4 cm³/mol. The molecule has 0 atom stereocenters. The molecule has 1 aromatic carbocycles. The summed E-state index contributed by atoms with van der Waals surface area (Å²) in [5, 5.41) is 17.9. The van der Waals surface area contributed by atoms with Crippen LogP contribution in [0.2, 0.25) is 0 Å². The minimum absolute atomic E-state index is 0.121. The van der Waals surface area contributed by atoms with Gasteiger partial charge in [-0.2, -0.15) is 10.5 Å². The molecule has 0 bridgehead atoms. The van der Waals surface area contributed by atoms with Gasteiger partial charge in [0.25, 0.3) is 0 Å². The van der Waals surface area contributed by atoms with Crippen molar-refractivity contribution < 1.29 is 0 Å². The van der Waals surface area contributed by atoms with Gasteiger partial charge in [0.2, 0.25) is 0 Å². The van der Waals surface area contributed by atoms with E-state index in [1.807, 2.05) is 70.2 Å². The molecule has 20 heavy (non-hydrogen) atoms. The first kappa shape index (κ1) is 15.5. The van der Waals surface area contributed by atoms with Crippen molar-refractivity contribution in [3.8, 4) is 12.1 Å². The SMILES string of the molecule is CC(C)=C(C=C(C#N)C#N)C(=C(C)C)c1ccccc1. The number of nitriles is 2. The smallest absolute Gasteiger partial charge is 0.130 e. The van der Waals surface area contributed by atoms with E-state index in [0.29, 0.717) is 0 Å². The molecule has 0 fully saturated rings. The first-order chi connectivity index (χ1) is 9.51. The summed E-state index contributed by atoms with van der Waals surface area (Å²) in [7, 11) is 0. The molecule has 0 saturated heterocycles. The van der Waals surface area contributed by atoms with Gasteiger partial charge in [-0.25, -0.2) is 0 Å². The van der Waals surface area contributed by atoms with Crippen molar-refractivity contribution in [3.63, 3.8) is 0 Å². The molecule has 0 radical (unpaired) electrons. The standard InChI is InChI=1S/C18H18N2/c1-13(2)17(10-15(11-19)12-20)18(14(3)4)16-8-6-5-7-9-16/h5-10H,1-4H3. The molecule has 0 aromatic heterocycles. The zero-order valence-electron chi connectivity index (χ0n) is 12.4. The number of nitrogens with zero attached hydrogens (tertiary/aromatic N) is 2. The highest BCUT2D eigenvalue weighted by Crippen LogP contribution is 2.30. The fraction of sp³-hybridized carbons (Fsp3) is 0.222. The van der Waals surface area contributed by atoms with E-state index in [4.69, 9.17) is 10.5 Å². The van der Waals surface area contributed by atoms with Gasteiger partial charge in [0.1, 0.15) is 17.7 Å². The van der Waals surface area contributed by atoms with E-state index >= 15 is 0 Å². The van der Waals surface area contributed by atoms with Crippen LogP contribution >= 0.6 is 0 Å². The summed E-state index contributed by atoms with van der Waals surface area (Å²) in [6, 6.07) is 13.9. The lowest BCUT2D eigenvalue weighted by Crippen LogP contribution is -1.94. The quantitative estimate of drug-likeness (QED) is 0.580. The van der Waals surface area contributed by atoms with Crippen molar-refractivity contribution in [2.24, 2.45) is 0 Å². The molecule has 0 saturated carbocycles. The first-order valence-electron chi connectivity index (χ1n) is 6.44. The highest BCUT2D eigenvalue weighted by Gasteiger charge is 2.10. The van der Waals surface area contributed by atoms with Crippen molar-refractivity contribution in [1.29, 1.82) is 10.5 Å². The zero-order chi connectivity index (χ0) is 15.1. The Morgan fingerprint density at radius 2 is 1.45 bits per heavy atom. The largest absolute Gasteiger partial charge is 0.192 e. The molecule has 0 unspecified atom stereocenters. The van der Waals surface area contributed by atoms with E-state index in [9.17, 15) is 0 Å². The Labute approximate surface area is 121 Å². The van der Waals surface area contributed by atoms with Gasteiger partial charge in [0, 0.05) is 0 Å². The van der Waals surface area contributed by atoms with E-state index in [1.165, 1.54) is 0 Å². The maximum absolute atomic E-state index is 8.97. The van der Waals surface area contributed by atoms with Gasteiger partial charge < -0.3 is 0 Å². The van der Waals surface area contributed by atoms with Gasteiger partial charge in [-0.15, -0.1) is 0 Å². The molecule has 0 amide bonds. The Morgan fingerprint density at radius 3 is 1.85 bits per heavy atom. The maximum Gasteiger partial charge on any atom is 0.130 e. The third-order valence-corrected chi connectivity index (χ3v) is 2.90. The average molecular weight is 262 g/mol. The first-order valence-corrected chi connectivity index (χ1v) is 6.44. The maximum atomic E-state index is 8.97. The Balaban J connectivity index is 3.54. The Kier molecular flexibility index (Phi) is 5.51. The number of hydrogen-bond donors (Lipinski definition) is 0. The summed E-state index contributed by atoms with van der Waals surface area (Å²) in [4.78, 5) is 0. The summed E-state index contributed by atoms with van der Waals surface area (Å²) in [5.41, 5.74) is 5.46. The molecule has 100 valence electrons. The molecule has 1 rings (SSSR count). The van der Waals surface area contributed by atoms with Crippen molar-refractivity contribution in [2.75, 3.05) is 0 Å². The molecule has 1 aromatic rings. The summed E-state index contributed by atoms with van der Waals surface area (Å²) in [5.74, 6) is 0. The minimum atomic E-state index is 0.121. The Hall–Kier alpha value is -2.58. The highest BCUT2D eigenvalue weighted by atomic mass is 14.3. The van der Waals surface area contributed by atoms with E-state index in [1.54, 1.807) is 6.08 Å². The molecule has 0 aliphatic carbocycles. The second-order valence-corrected chi connectivity index (χ2v) is 4.94. The van der Waals surface area contributed by atoms with Crippen LogP contribution in [0.1, 0.15) is 33.3 Å². The number of allylic oxidation sites excluding steroid dienone is 6. The number of hydrogen-bond acceptors (Lipinski definition) is 2. The number of rotatable bonds is 3. The van der Waals surface area contributed by atoms with Gasteiger partial charge in [-0.3, -0.25) is 0 Å². The van der Waals surface area contributed by atoms with E-state index in [2.05, 4.69) is 0 Å². The predicted octanol–water partition coefficient (Wildman–Crippen LogP) is 4.79. The lowest BCUT2D eigenvalue weighted by Gasteiger charge is -2.14. The summed E-state index contributed by atoms with van der Waals surface area (Å²) < 4.78 is 0. The van der Waals surface area contributed by atoms with Gasteiger partial charge in [0.05, 0.1) is 0 Å². The van der Waals surface area contributed by atoms with Gasteiger partial charge in [-0.05, 0) is 50.5 Å². The van der Waals surface area contributed by atoms with Gasteiger partial charge in [-0.1, -0.05) is 41.5 Å². The lowest BCUT2D eigenvalue weighted by molar-refractivity contribution is 1.30. The minimum Gasteiger partial charge on any atom is -0.192 e. The van der Waals surface area contributed by atoms with Crippen LogP contribution < -0.4 is 0 Å². The second-order valence-electron chi connectivity index (χ2n) is 4.94. The van der Waals surface area contributed by atoms with Crippen LogP contribution in [0.5, 0.6) is 0 Å². The second kappa shape index (κ2) is 7.12. The third-order valence-electron chi connectivity index (χ3n) is 2.90. The molecule has 2 nitrogen and oxygen atoms in total. The average Bonchev–Trinajstić information content (AvgIpc) is 2.43. The molecule has 0 spiro atoms. The molecular formula is C18H18N2. The van der Waals surface area contributed by atoms with Crippen LogP contribution in [0.4, 0.5) is 0 Å². The summed E-state index contributed by atoms with van der Waals surface area (Å²) in [6.45, 7) is 8.06. The molecule has 0 N–H and O–H groups in total. The molecule has 2 heteroatoms. The van der Waals surface area contributed by atoms with Crippen LogP contribution in [-0.4, -0.2) is 0 Å². The molecular weight excluding hydrogens is 244 g/mol. The fourth-order valence-corrected chi connectivity index (χ4v) is 2.02.